The zero-order chi connectivity index (χ0) is 36.5. The Kier molecular flexibility index (Phi) is 10.3. The summed E-state index contributed by atoms with van der Waals surface area (Å²) >= 11 is 8.80. The molecule has 1 spiro atoms. The Morgan fingerprint density at radius 2 is 1.73 bits per heavy atom. The molecule has 5 saturated carbocycles. The normalized spacial score (nSPS) is 39.2. The second-order valence-electron chi connectivity index (χ2n) is 13.8. The maximum absolute atomic E-state index is 12.8. The molecule has 51 heavy (non-hydrogen) atoms. The number of aliphatic hydroxyl groups excluding tert-OH is 4. The van der Waals surface area contributed by atoms with E-state index in [1.54, 1.807) is 54.0 Å². The summed E-state index contributed by atoms with van der Waals surface area (Å²) in [6.07, 6.45) is -1.18. The van der Waals surface area contributed by atoms with E-state index in [1.165, 1.54) is 37.8 Å². The second kappa shape index (κ2) is 14.1. The van der Waals surface area contributed by atoms with E-state index in [0.29, 0.717) is 28.5 Å². The number of hydrogen-bond donors (Lipinski definition) is 5. The van der Waals surface area contributed by atoms with E-state index in [4.69, 9.17) is 44.6 Å². The number of alkyl halides is 1. The first-order valence-corrected chi connectivity index (χ1v) is 19.7. The molecule has 278 valence electrons. The van der Waals surface area contributed by atoms with Gasteiger partial charge in [0.15, 0.2) is 5.60 Å². The van der Waals surface area contributed by atoms with Crippen molar-refractivity contribution in [2.75, 3.05) is 14.2 Å². The highest BCUT2D eigenvalue weighted by atomic mass is 127. The number of hydrogen-bond acceptors (Lipinski definition) is 13. The summed E-state index contributed by atoms with van der Waals surface area (Å²) in [6.45, 7) is -0.0177. The first kappa shape index (κ1) is 37.5. The summed E-state index contributed by atoms with van der Waals surface area (Å²) in [5, 5.41) is 40.6. The Bertz CT molecular complexity index is 1710. The summed E-state index contributed by atoms with van der Waals surface area (Å²) in [7, 11) is -2.03. The van der Waals surface area contributed by atoms with Crippen LogP contribution in [-0.4, -0.2) is 85.6 Å². The molecule has 7 unspecified atom stereocenters. The van der Waals surface area contributed by atoms with Gasteiger partial charge in [-0.1, -0.05) is 58.5 Å². The molecule has 6 fully saturated rings. The molecule has 0 aromatic heterocycles. The average Bonchev–Trinajstić information content (AvgIpc) is 3.52. The van der Waals surface area contributed by atoms with Gasteiger partial charge in [0.25, 0.3) is 5.79 Å². The van der Waals surface area contributed by atoms with Gasteiger partial charge in [-0.2, -0.15) is 4.89 Å². The molecule has 6 aliphatic rings. The maximum atomic E-state index is 12.8. The van der Waals surface area contributed by atoms with E-state index in [-0.39, 0.29) is 35.0 Å². The highest BCUT2D eigenvalue weighted by molar-refractivity contribution is 14.1. The van der Waals surface area contributed by atoms with E-state index in [0.717, 1.165) is 19.3 Å². The lowest BCUT2D eigenvalue weighted by molar-refractivity contribution is -0.635. The number of carbonyl (C=O) groups excluding carboxylic acids is 1. The van der Waals surface area contributed by atoms with Crippen LogP contribution in [0.4, 0.5) is 0 Å². The summed E-state index contributed by atoms with van der Waals surface area (Å²) in [4.78, 5) is 34.4. The van der Waals surface area contributed by atoms with E-state index >= 15 is 0 Å². The molecule has 2 aromatic rings. The molecule has 1 saturated heterocycles. The lowest BCUT2D eigenvalue weighted by atomic mass is 9.65. The summed E-state index contributed by atoms with van der Waals surface area (Å²) in [5.74, 6) is 0.129. The third-order valence-electron chi connectivity index (χ3n) is 11.1. The van der Waals surface area contributed by atoms with Crippen LogP contribution in [0.25, 0.3) is 6.08 Å². The largest absolute Gasteiger partial charge is 0.527 e. The van der Waals surface area contributed by atoms with Crippen molar-refractivity contribution in [3.05, 3.63) is 64.2 Å². The molecule has 4 bridgehead atoms. The van der Waals surface area contributed by atoms with Crippen LogP contribution < -0.4 is 9.26 Å². The maximum Gasteiger partial charge on any atom is 0.527 e. The Labute approximate surface area is 312 Å². The topological polar surface area (TPSA) is 200 Å². The number of rotatable bonds is 11. The van der Waals surface area contributed by atoms with Gasteiger partial charge >= 0.3 is 13.8 Å². The number of halogens is 2. The molecular formula is C34H39ClIO14P. The predicted molar refractivity (Wildman–Crippen MR) is 186 cm³/mol. The van der Waals surface area contributed by atoms with Crippen molar-refractivity contribution in [2.24, 2.45) is 23.7 Å². The Morgan fingerprint density at radius 3 is 2.37 bits per heavy atom. The standard InChI is InChI=1S/C34H39ClIO14P/c1-44-24(37)10-6-18-5-9-22(34(45-2)33(49-50-34)20-12-17-11-19(14-20)23(33)13-17)25(35)31(18)46-15-16-3-7-21(8-4-16)47-51(42,43)48-32-26(36)27(38)28(39)29(40)30(32)41/h3-10,17,19-20,23,26-30,32,38-41H,11-15H2,1-2H3,(H,42,43)/b10-6+/t17?,19?,20?,23?,26-,27-,28+,29-,30-,32+,33?,34?/m1/s1. The number of methoxy groups -OCH3 is 2. The Morgan fingerprint density at radius 1 is 1.00 bits per heavy atom. The van der Waals surface area contributed by atoms with Crippen LogP contribution in [0.5, 0.6) is 11.5 Å². The minimum absolute atomic E-state index is 0.0177. The molecule has 0 amide bonds. The van der Waals surface area contributed by atoms with Crippen LogP contribution in [0, 0.1) is 23.7 Å². The predicted octanol–water partition coefficient (Wildman–Crippen LogP) is 3.80. The number of carbonyl (C=O) groups is 1. The first-order valence-electron chi connectivity index (χ1n) is 16.5. The Hall–Kier alpha value is -1.86. The molecule has 5 aliphatic carbocycles. The molecule has 0 radical (unpaired) electrons. The summed E-state index contributed by atoms with van der Waals surface area (Å²) in [5.41, 5.74) is 0.973. The van der Waals surface area contributed by atoms with Crippen molar-refractivity contribution < 1.29 is 67.7 Å². The van der Waals surface area contributed by atoms with Crippen LogP contribution in [0.3, 0.4) is 0 Å². The minimum atomic E-state index is -4.88. The van der Waals surface area contributed by atoms with Gasteiger partial charge in [-0.25, -0.2) is 14.2 Å². The lowest BCUT2D eigenvalue weighted by Gasteiger charge is -2.60. The van der Waals surface area contributed by atoms with Crippen molar-refractivity contribution in [1.29, 1.82) is 0 Å². The van der Waals surface area contributed by atoms with Gasteiger partial charge < -0.3 is 39.2 Å². The number of ether oxygens (including phenoxy) is 3. The van der Waals surface area contributed by atoms with Crippen LogP contribution >= 0.6 is 42.0 Å². The number of phosphoric acid groups is 1. The van der Waals surface area contributed by atoms with Crippen molar-refractivity contribution in [3.63, 3.8) is 0 Å². The third-order valence-corrected chi connectivity index (χ3v) is 13.9. The van der Waals surface area contributed by atoms with E-state index < -0.39 is 59.6 Å². The smallest absolute Gasteiger partial charge is 0.487 e. The fourth-order valence-corrected chi connectivity index (χ4v) is 11.5. The van der Waals surface area contributed by atoms with Crippen LogP contribution in [0.2, 0.25) is 5.02 Å². The Balaban J connectivity index is 1.10. The van der Waals surface area contributed by atoms with Gasteiger partial charge in [-0.15, -0.1) is 0 Å². The van der Waals surface area contributed by atoms with Crippen molar-refractivity contribution in [1.82, 2.24) is 0 Å². The molecule has 17 heteroatoms. The number of benzene rings is 2. The molecule has 14 nitrogen and oxygen atoms in total. The molecule has 1 heterocycles. The number of phosphoric ester groups is 1. The van der Waals surface area contributed by atoms with Gasteiger partial charge in [0, 0.05) is 30.2 Å². The fraction of sp³-hybridized carbons (Fsp3) is 0.559. The van der Waals surface area contributed by atoms with Gasteiger partial charge in [0.05, 0.1) is 22.2 Å². The molecule has 8 rings (SSSR count). The van der Waals surface area contributed by atoms with Crippen molar-refractivity contribution in [2.45, 2.75) is 78.1 Å². The van der Waals surface area contributed by atoms with Crippen LogP contribution in [0.15, 0.2) is 42.5 Å². The minimum Gasteiger partial charge on any atom is -0.487 e. The molecule has 5 N–H and O–H groups in total. The highest BCUT2D eigenvalue weighted by Crippen LogP contribution is 2.73. The van der Waals surface area contributed by atoms with Gasteiger partial charge in [0.1, 0.15) is 42.5 Å². The second-order valence-corrected chi connectivity index (χ2v) is 17.0. The number of aliphatic hydroxyl groups is 4. The SMILES string of the molecule is COC(=O)/C=C/c1ccc(C2(OC)OOC23C2CC4CC(C2)C3C4)c(Cl)c1OCc1ccc(OP(=O)(O)O[C@@H]2[C@H](O)[C@H](O)[C@@H](O)[C@H](O)[C@H]2I)cc1. The lowest BCUT2D eigenvalue weighted by Crippen LogP contribution is -2.71. The first-order chi connectivity index (χ1) is 24.2. The summed E-state index contributed by atoms with van der Waals surface area (Å²) in [6, 6.07) is 9.53. The molecule has 13 atom stereocenters. The molecule has 2 aromatic carbocycles. The number of esters is 1. The van der Waals surface area contributed by atoms with Gasteiger partial charge in [0.2, 0.25) is 0 Å². The summed E-state index contributed by atoms with van der Waals surface area (Å²) < 4.78 is 39.4. The molecule has 1 aliphatic heterocycles. The van der Waals surface area contributed by atoms with Gasteiger partial charge in [-0.05, 0) is 67.2 Å². The van der Waals surface area contributed by atoms with Crippen LogP contribution in [0.1, 0.15) is 42.4 Å². The van der Waals surface area contributed by atoms with E-state index in [9.17, 15) is 34.7 Å². The monoisotopic (exact) mass is 864 g/mol. The average molecular weight is 865 g/mol. The third kappa shape index (κ3) is 6.24. The van der Waals surface area contributed by atoms with E-state index in [2.05, 4.69) is 0 Å². The molecular weight excluding hydrogens is 826 g/mol. The van der Waals surface area contributed by atoms with Crippen molar-refractivity contribution in [3.8, 4) is 11.5 Å². The van der Waals surface area contributed by atoms with E-state index in [1.807, 2.05) is 0 Å². The van der Waals surface area contributed by atoms with Crippen molar-refractivity contribution >= 4 is 54.1 Å². The van der Waals surface area contributed by atoms with Gasteiger partial charge in [-0.3, -0.25) is 9.42 Å². The zero-order valence-corrected chi connectivity index (χ0v) is 31.3. The fourth-order valence-electron chi connectivity index (χ4n) is 8.88. The zero-order valence-electron chi connectivity index (χ0n) is 27.5. The highest BCUT2D eigenvalue weighted by Gasteiger charge is 2.80. The van der Waals surface area contributed by atoms with Crippen LogP contribution in [-0.2, 0) is 45.5 Å². The quantitative estimate of drug-likeness (QED) is 0.0546.